The maximum Gasteiger partial charge on any atom is 0.0691 e. The summed E-state index contributed by atoms with van der Waals surface area (Å²) in [7, 11) is 0. The number of hydrogen-bond acceptors (Lipinski definition) is 2. The summed E-state index contributed by atoms with van der Waals surface area (Å²) in [5.41, 5.74) is 13.5. The number of fused-ring (bicyclic) bond motifs is 8. The zero-order valence-corrected chi connectivity index (χ0v) is 23.7. The van der Waals surface area contributed by atoms with Crippen molar-refractivity contribution < 1.29 is 0 Å². The Kier molecular flexibility index (Phi) is 7.34. The van der Waals surface area contributed by atoms with Gasteiger partial charge in [-0.1, -0.05) is 60.7 Å². The molecule has 206 valence electrons. The van der Waals surface area contributed by atoms with Gasteiger partial charge >= 0.3 is 0 Å². The van der Waals surface area contributed by atoms with E-state index in [2.05, 4.69) is 131 Å². The average Bonchev–Trinajstić information content (AvgIpc) is 3.84. The number of aromatic amines is 2. The molecule has 5 heterocycles. The molecular formula is C38H34N4. The Balaban J connectivity index is 1.29. The fourth-order valence-electron chi connectivity index (χ4n) is 5.95. The van der Waals surface area contributed by atoms with Crippen LogP contribution in [0.2, 0.25) is 0 Å². The van der Waals surface area contributed by atoms with E-state index in [1.807, 2.05) is 0 Å². The Bertz CT molecular complexity index is 1830. The Hall–Kier alpha value is -4.96. The molecule has 4 nitrogen and oxygen atoms in total. The van der Waals surface area contributed by atoms with E-state index in [4.69, 9.17) is 9.97 Å². The van der Waals surface area contributed by atoms with Crippen molar-refractivity contribution in [3.63, 3.8) is 0 Å². The van der Waals surface area contributed by atoms with Gasteiger partial charge in [0.05, 0.1) is 22.8 Å². The van der Waals surface area contributed by atoms with E-state index in [9.17, 15) is 0 Å². The first-order valence-electron chi connectivity index (χ1n) is 14.9. The van der Waals surface area contributed by atoms with E-state index in [1.54, 1.807) is 0 Å². The first-order valence-corrected chi connectivity index (χ1v) is 14.9. The van der Waals surface area contributed by atoms with Gasteiger partial charge in [-0.2, -0.15) is 0 Å². The van der Waals surface area contributed by atoms with E-state index in [-0.39, 0.29) is 0 Å². The first-order chi connectivity index (χ1) is 20.8. The number of rotatable bonds is 8. The van der Waals surface area contributed by atoms with Gasteiger partial charge < -0.3 is 9.97 Å². The zero-order valence-electron chi connectivity index (χ0n) is 23.7. The van der Waals surface area contributed by atoms with Crippen molar-refractivity contribution in [1.82, 2.24) is 19.9 Å². The van der Waals surface area contributed by atoms with Gasteiger partial charge in [-0.25, -0.2) is 9.97 Å². The van der Waals surface area contributed by atoms with Crippen LogP contribution in [0.25, 0.3) is 46.4 Å². The van der Waals surface area contributed by atoms with Crippen molar-refractivity contribution in [2.24, 2.45) is 0 Å². The summed E-state index contributed by atoms with van der Waals surface area (Å²) < 4.78 is 0. The van der Waals surface area contributed by atoms with Crippen LogP contribution in [0.4, 0.5) is 0 Å². The van der Waals surface area contributed by atoms with E-state index in [1.165, 1.54) is 22.3 Å². The molecule has 4 heteroatoms. The molecule has 0 saturated carbocycles. The first kappa shape index (κ1) is 26.0. The number of H-pyrrole nitrogens is 2. The molecule has 42 heavy (non-hydrogen) atoms. The zero-order chi connectivity index (χ0) is 28.1. The van der Waals surface area contributed by atoms with Crippen LogP contribution >= 0.6 is 0 Å². The number of aryl methyl sites for hydroxylation is 3. The summed E-state index contributed by atoms with van der Waals surface area (Å²) in [6, 6.07) is 34.4. The van der Waals surface area contributed by atoms with Crippen LogP contribution in [0.1, 0.15) is 57.9 Å². The van der Waals surface area contributed by atoms with Crippen molar-refractivity contribution in [3.8, 4) is 0 Å². The van der Waals surface area contributed by atoms with E-state index in [0.717, 1.165) is 83.4 Å². The largest absolute Gasteiger partial charge is 0.355 e. The molecule has 0 fully saturated rings. The molecular weight excluding hydrogens is 512 g/mol. The molecule has 5 aromatic rings. The third-order valence-corrected chi connectivity index (χ3v) is 8.09. The highest BCUT2D eigenvalue weighted by molar-refractivity contribution is 5.80. The number of hydrogen-bond donors (Lipinski definition) is 2. The molecule has 0 atom stereocenters. The maximum absolute atomic E-state index is 5.05. The van der Waals surface area contributed by atoms with Crippen molar-refractivity contribution in [3.05, 3.63) is 142 Å². The minimum absolute atomic E-state index is 0.919. The number of aromatic nitrogens is 4. The predicted molar refractivity (Wildman–Crippen MR) is 176 cm³/mol. The van der Waals surface area contributed by atoms with Gasteiger partial charge in [0.15, 0.2) is 0 Å². The third kappa shape index (κ3) is 5.89. The van der Waals surface area contributed by atoms with Crippen LogP contribution < -0.4 is 0 Å². The normalized spacial score (nSPS) is 12.2. The highest BCUT2D eigenvalue weighted by atomic mass is 14.8. The van der Waals surface area contributed by atoms with Crippen LogP contribution in [-0.2, 0) is 25.7 Å². The van der Waals surface area contributed by atoms with Gasteiger partial charge in [0.2, 0.25) is 0 Å². The van der Waals surface area contributed by atoms with Gasteiger partial charge in [0.25, 0.3) is 0 Å². The lowest BCUT2D eigenvalue weighted by molar-refractivity contribution is 0.812. The second-order valence-corrected chi connectivity index (χ2v) is 11.1. The Labute approximate surface area is 246 Å². The smallest absolute Gasteiger partial charge is 0.0691 e. The molecule has 0 unspecified atom stereocenters. The van der Waals surface area contributed by atoms with E-state index >= 15 is 0 Å². The van der Waals surface area contributed by atoms with Gasteiger partial charge in [-0.3, -0.25) is 0 Å². The molecule has 0 amide bonds. The molecule has 0 saturated heterocycles. The minimum Gasteiger partial charge on any atom is -0.355 e. The van der Waals surface area contributed by atoms with E-state index in [0.29, 0.717) is 0 Å². The lowest BCUT2D eigenvalue weighted by Gasteiger charge is -2.05. The molecule has 7 rings (SSSR count). The second-order valence-electron chi connectivity index (χ2n) is 11.1. The molecule has 0 aliphatic carbocycles. The fraction of sp³-hybridized carbons (Fsp3) is 0.158. The Morgan fingerprint density at radius 3 is 1.43 bits per heavy atom. The fourth-order valence-corrected chi connectivity index (χ4v) is 5.95. The van der Waals surface area contributed by atoms with Gasteiger partial charge in [-0.05, 0) is 116 Å². The average molecular weight is 547 g/mol. The van der Waals surface area contributed by atoms with Crippen molar-refractivity contribution in [1.29, 1.82) is 0 Å². The lowest BCUT2D eigenvalue weighted by atomic mass is 10.0. The van der Waals surface area contributed by atoms with E-state index < -0.39 is 0 Å². The summed E-state index contributed by atoms with van der Waals surface area (Å²) in [5, 5.41) is 0. The van der Waals surface area contributed by atoms with Crippen LogP contribution in [0.3, 0.4) is 0 Å². The summed E-state index contributed by atoms with van der Waals surface area (Å²) in [4.78, 5) is 17.5. The summed E-state index contributed by atoms with van der Waals surface area (Å²) in [6.07, 6.45) is 14.6. The minimum atomic E-state index is 0.919. The molecule has 8 bridgehead atoms. The van der Waals surface area contributed by atoms with Crippen molar-refractivity contribution >= 4 is 46.4 Å². The number of benzene rings is 2. The number of nitrogens with one attached hydrogen (secondary N) is 2. The third-order valence-electron chi connectivity index (χ3n) is 8.09. The Morgan fingerprint density at radius 2 is 0.929 bits per heavy atom. The van der Waals surface area contributed by atoms with Crippen LogP contribution in [-0.4, -0.2) is 19.9 Å². The predicted octanol–water partition coefficient (Wildman–Crippen LogP) is 9.01. The molecule has 3 aromatic heterocycles. The second kappa shape index (κ2) is 11.9. The van der Waals surface area contributed by atoms with Gasteiger partial charge in [-0.15, -0.1) is 0 Å². The van der Waals surface area contributed by atoms with Crippen LogP contribution in [0.5, 0.6) is 0 Å². The quantitative estimate of drug-likeness (QED) is 0.200. The van der Waals surface area contributed by atoms with Gasteiger partial charge in [0.1, 0.15) is 0 Å². The summed E-state index contributed by atoms with van der Waals surface area (Å²) in [5.74, 6) is 0. The maximum atomic E-state index is 5.05. The summed E-state index contributed by atoms with van der Waals surface area (Å²) >= 11 is 0. The van der Waals surface area contributed by atoms with Crippen LogP contribution in [0.15, 0.2) is 97.1 Å². The molecule has 0 spiro atoms. The molecule has 2 aromatic carbocycles. The Morgan fingerprint density at radius 1 is 0.452 bits per heavy atom. The molecule has 2 aliphatic rings. The van der Waals surface area contributed by atoms with Crippen molar-refractivity contribution in [2.75, 3.05) is 0 Å². The summed E-state index contributed by atoms with van der Waals surface area (Å²) in [6.45, 7) is 0. The molecule has 2 aliphatic heterocycles. The lowest BCUT2D eigenvalue weighted by Crippen LogP contribution is -1.96. The monoisotopic (exact) mass is 546 g/mol. The highest BCUT2D eigenvalue weighted by Crippen LogP contribution is 2.25. The highest BCUT2D eigenvalue weighted by Gasteiger charge is 2.12. The standard InChI is InChI=1S/C38H34N4/c1-3-9-27(10-4-1)13-7-15-33-35-21-17-29(39-35)25-31-19-23-37(41-31)34(16-8-14-28-11-5-2-6-12-28)38-24-20-32(42-38)26-30-18-22-36(33)40-30/h1-6,9-12,17-26,39-40H,7-8,13-16H2. The van der Waals surface area contributed by atoms with Crippen LogP contribution in [0, 0.1) is 0 Å². The molecule has 2 N–H and O–H groups in total. The number of nitrogens with zero attached hydrogens (tertiary/aromatic N) is 2. The topological polar surface area (TPSA) is 57.4 Å². The van der Waals surface area contributed by atoms with Gasteiger partial charge in [0, 0.05) is 27.6 Å². The van der Waals surface area contributed by atoms with Crippen molar-refractivity contribution in [2.45, 2.75) is 38.5 Å². The SMILES string of the molecule is C1=Cc2nc1cc1ccc([nH]1)c(CCCc1ccccc1)c1ccc(cc3nc(c2CCCc2ccccc2)C=C3)[nH]1. The molecule has 0 radical (unpaired) electrons.